The zero-order chi connectivity index (χ0) is 20.0. The summed E-state index contributed by atoms with van der Waals surface area (Å²) in [5.74, 6) is -0.451. The number of carbonyl (C=O) groups excluding carboxylic acids is 1. The van der Waals surface area contributed by atoms with Gasteiger partial charge in [0.15, 0.2) is 5.96 Å². The van der Waals surface area contributed by atoms with Gasteiger partial charge in [-0.2, -0.15) is 13.2 Å². The highest BCUT2D eigenvalue weighted by Crippen LogP contribution is 2.37. The summed E-state index contributed by atoms with van der Waals surface area (Å²) in [4.78, 5) is 17.7. The van der Waals surface area contributed by atoms with Crippen LogP contribution in [0.2, 0.25) is 0 Å². The largest absolute Gasteiger partial charge is 0.391 e. The molecule has 8 heteroatoms. The molecule has 0 aromatic rings. The van der Waals surface area contributed by atoms with Gasteiger partial charge in [0.05, 0.1) is 5.92 Å². The number of guanidine groups is 1. The molecule has 0 aromatic heterocycles. The summed E-state index contributed by atoms with van der Waals surface area (Å²) >= 11 is 0. The minimum atomic E-state index is -4.15. The van der Waals surface area contributed by atoms with Gasteiger partial charge in [-0.1, -0.05) is 26.2 Å². The molecule has 5 nitrogen and oxygen atoms in total. The molecule has 2 N–H and O–H groups in total. The molecule has 0 aromatic carbocycles. The van der Waals surface area contributed by atoms with Crippen LogP contribution in [-0.2, 0) is 4.79 Å². The van der Waals surface area contributed by atoms with Crippen LogP contribution < -0.4 is 10.6 Å². The number of carbonyl (C=O) groups is 1. The summed E-state index contributed by atoms with van der Waals surface area (Å²) in [6.45, 7) is 2.17. The molecule has 0 heterocycles. The topological polar surface area (TPSA) is 56.7 Å². The molecule has 2 rings (SSSR count). The Bertz CT molecular complexity index is 522. The average Bonchev–Trinajstić information content (AvgIpc) is 2.60. The van der Waals surface area contributed by atoms with Crippen molar-refractivity contribution < 1.29 is 18.0 Å². The van der Waals surface area contributed by atoms with Crippen LogP contribution in [0, 0.1) is 11.8 Å². The Morgan fingerprint density at radius 1 is 1.07 bits per heavy atom. The van der Waals surface area contributed by atoms with Gasteiger partial charge in [-0.05, 0) is 38.0 Å². The van der Waals surface area contributed by atoms with E-state index in [1.807, 2.05) is 0 Å². The third-order valence-corrected chi connectivity index (χ3v) is 5.78. The molecule has 2 aliphatic rings. The molecular weight excluding hydrogens is 357 g/mol. The van der Waals surface area contributed by atoms with E-state index < -0.39 is 12.1 Å². The molecular formula is C19H33F3N4O. The third-order valence-electron chi connectivity index (χ3n) is 5.78. The number of nitrogens with zero attached hydrogens (tertiary/aromatic N) is 2. The number of likely N-dealkylation sites (N-methyl/N-ethyl adjacent to an activating group) is 1. The van der Waals surface area contributed by atoms with Crippen molar-refractivity contribution in [3.63, 3.8) is 0 Å². The summed E-state index contributed by atoms with van der Waals surface area (Å²) in [7, 11) is 3.33. The molecule has 0 saturated heterocycles. The molecule has 0 bridgehead atoms. The first-order valence-corrected chi connectivity index (χ1v) is 10.0. The molecule has 4 atom stereocenters. The van der Waals surface area contributed by atoms with E-state index in [4.69, 9.17) is 0 Å². The van der Waals surface area contributed by atoms with E-state index in [9.17, 15) is 18.0 Å². The smallest absolute Gasteiger partial charge is 0.354 e. The van der Waals surface area contributed by atoms with Crippen LogP contribution in [0.15, 0.2) is 4.99 Å². The quantitative estimate of drug-likeness (QED) is 0.572. The van der Waals surface area contributed by atoms with E-state index in [1.165, 1.54) is 11.3 Å². The van der Waals surface area contributed by atoms with Gasteiger partial charge in [-0.3, -0.25) is 4.79 Å². The summed E-state index contributed by atoms with van der Waals surface area (Å²) in [5.41, 5.74) is 0. The maximum absolute atomic E-state index is 13.1. The highest BCUT2D eigenvalue weighted by molar-refractivity contribution is 5.85. The molecule has 1 amide bonds. The Hall–Kier alpha value is -1.47. The van der Waals surface area contributed by atoms with Gasteiger partial charge in [0.25, 0.3) is 0 Å². The Morgan fingerprint density at radius 2 is 1.78 bits per heavy atom. The lowest BCUT2D eigenvalue weighted by Crippen LogP contribution is -2.52. The first-order valence-electron chi connectivity index (χ1n) is 10.0. The van der Waals surface area contributed by atoms with Crippen molar-refractivity contribution in [2.45, 2.75) is 76.6 Å². The van der Waals surface area contributed by atoms with E-state index in [1.54, 1.807) is 14.1 Å². The van der Waals surface area contributed by atoms with Gasteiger partial charge < -0.3 is 15.5 Å². The van der Waals surface area contributed by atoms with Gasteiger partial charge in [0.2, 0.25) is 5.91 Å². The van der Waals surface area contributed by atoms with Crippen molar-refractivity contribution in [2.24, 2.45) is 16.8 Å². The number of nitrogens with one attached hydrogen (secondary N) is 2. The predicted molar refractivity (Wildman–Crippen MR) is 100 cm³/mol. The highest BCUT2D eigenvalue weighted by atomic mass is 19.4. The van der Waals surface area contributed by atoms with Gasteiger partial charge in [0.1, 0.15) is 6.54 Å². The van der Waals surface area contributed by atoms with Crippen molar-refractivity contribution in [1.82, 2.24) is 15.5 Å². The molecule has 2 saturated carbocycles. The molecule has 0 radical (unpaired) electrons. The number of halogens is 3. The first-order chi connectivity index (χ1) is 12.7. The van der Waals surface area contributed by atoms with Gasteiger partial charge in [-0.25, -0.2) is 4.99 Å². The van der Waals surface area contributed by atoms with E-state index in [0.29, 0.717) is 24.7 Å². The maximum atomic E-state index is 13.1. The molecule has 2 fully saturated rings. The molecule has 4 unspecified atom stereocenters. The zero-order valence-corrected chi connectivity index (χ0v) is 16.6. The Labute approximate surface area is 160 Å². The van der Waals surface area contributed by atoms with Gasteiger partial charge in [0, 0.05) is 26.2 Å². The fourth-order valence-electron chi connectivity index (χ4n) is 3.94. The average molecular weight is 390 g/mol. The van der Waals surface area contributed by atoms with Crippen molar-refractivity contribution >= 4 is 11.9 Å². The standard InChI is InChI=1S/C19H33F3N4O/c1-13-7-4-5-10-16(13)25-18(23-12-17(27)26(2)3)24-15-9-6-8-14(11-15)19(20,21)22/h13-16H,4-12H2,1-3H3,(H2,23,24,25). The van der Waals surface area contributed by atoms with Crippen LogP contribution >= 0.6 is 0 Å². The van der Waals surface area contributed by atoms with E-state index in [-0.39, 0.29) is 37.4 Å². The van der Waals surface area contributed by atoms with Crippen LogP contribution in [0.1, 0.15) is 58.3 Å². The maximum Gasteiger partial charge on any atom is 0.391 e. The van der Waals surface area contributed by atoms with Gasteiger partial charge >= 0.3 is 6.18 Å². The van der Waals surface area contributed by atoms with Crippen molar-refractivity contribution in [1.29, 1.82) is 0 Å². The van der Waals surface area contributed by atoms with Crippen LogP contribution in [0.3, 0.4) is 0 Å². The second-order valence-corrected chi connectivity index (χ2v) is 8.21. The molecule has 27 heavy (non-hydrogen) atoms. The summed E-state index contributed by atoms with van der Waals surface area (Å²) < 4.78 is 39.3. The van der Waals surface area contributed by atoms with Crippen molar-refractivity contribution in [2.75, 3.05) is 20.6 Å². The summed E-state index contributed by atoms with van der Waals surface area (Å²) in [5, 5.41) is 6.58. The van der Waals surface area contributed by atoms with E-state index in [2.05, 4.69) is 22.5 Å². The number of hydrogen-bond donors (Lipinski definition) is 2. The number of rotatable bonds is 4. The second kappa shape index (κ2) is 9.64. The lowest BCUT2D eigenvalue weighted by Gasteiger charge is -2.35. The fourth-order valence-corrected chi connectivity index (χ4v) is 3.94. The number of alkyl halides is 3. The lowest BCUT2D eigenvalue weighted by molar-refractivity contribution is -0.183. The SMILES string of the molecule is CC1CCCCC1NC(=NCC(=O)N(C)C)NC1CCCC(C(F)(F)F)C1. The first kappa shape index (κ1) is 21.8. The van der Waals surface area contributed by atoms with Crippen LogP contribution in [0.4, 0.5) is 13.2 Å². The second-order valence-electron chi connectivity index (χ2n) is 8.21. The van der Waals surface area contributed by atoms with E-state index >= 15 is 0 Å². The van der Waals surface area contributed by atoms with Crippen molar-refractivity contribution in [3.8, 4) is 0 Å². The van der Waals surface area contributed by atoms with E-state index in [0.717, 1.165) is 19.3 Å². The number of hydrogen-bond acceptors (Lipinski definition) is 2. The Balaban J connectivity index is 2.04. The van der Waals surface area contributed by atoms with Gasteiger partial charge in [-0.15, -0.1) is 0 Å². The van der Waals surface area contributed by atoms with Crippen LogP contribution in [0.25, 0.3) is 0 Å². The minimum absolute atomic E-state index is 0.0150. The Kier molecular flexibility index (Phi) is 7.79. The summed E-state index contributed by atoms with van der Waals surface area (Å²) in [6.07, 6.45) is 1.82. The molecule has 2 aliphatic carbocycles. The van der Waals surface area contributed by atoms with Crippen molar-refractivity contribution in [3.05, 3.63) is 0 Å². The number of aliphatic imine (C=N–C) groups is 1. The molecule has 0 aliphatic heterocycles. The monoisotopic (exact) mass is 390 g/mol. The summed E-state index contributed by atoms with van der Waals surface area (Å²) in [6, 6.07) is -0.0357. The predicted octanol–water partition coefficient (Wildman–Crippen LogP) is 3.31. The third kappa shape index (κ3) is 6.88. The minimum Gasteiger partial charge on any atom is -0.354 e. The fraction of sp³-hybridized carbons (Fsp3) is 0.895. The zero-order valence-electron chi connectivity index (χ0n) is 16.6. The molecule has 156 valence electrons. The van der Waals surface area contributed by atoms with Crippen LogP contribution in [-0.4, -0.2) is 55.7 Å². The number of amides is 1. The van der Waals surface area contributed by atoms with Crippen LogP contribution in [0.5, 0.6) is 0 Å². The molecule has 0 spiro atoms. The lowest BCUT2D eigenvalue weighted by atomic mass is 9.85. The normalized spacial score (nSPS) is 29.9. The Morgan fingerprint density at radius 3 is 2.41 bits per heavy atom. The highest BCUT2D eigenvalue weighted by Gasteiger charge is 2.42.